The Kier molecular flexibility index (Phi) is 11.8. The molecule has 0 saturated heterocycles. The number of benzene rings is 1. The molecule has 0 aliphatic carbocycles. The van der Waals surface area contributed by atoms with Gasteiger partial charge in [0.15, 0.2) is 0 Å². The molecule has 7 rings (SSSR count). The summed E-state index contributed by atoms with van der Waals surface area (Å²) in [5.41, 5.74) is 17.7. The van der Waals surface area contributed by atoms with E-state index in [-0.39, 0.29) is 12.1 Å². The van der Waals surface area contributed by atoms with Crippen molar-refractivity contribution in [1.82, 2.24) is 39.5 Å². The summed E-state index contributed by atoms with van der Waals surface area (Å²) in [6.07, 6.45) is 3.44. The van der Waals surface area contributed by atoms with Crippen molar-refractivity contribution in [2.75, 3.05) is 31.4 Å². The smallest absolute Gasteiger partial charge is 0.222 e. The van der Waals surface area contributed by atoms with E-state index in [2.05, 4.69) is 66.3 Å². The SMILES string of the molecule is CCOc1ncccc1-c1cc(N)c2c(n1)c(C)nn2C(C)C.CCOc1ncccc1-c1cc(NCc2ccc(OC)cc2)c2c(n1)c(C)nn2C(C)C. The Morgan fingerprint density at radius 1 is 0.709 bits per heavy atom. The largest absolute Gasteiger partial charge is 0.497 e. The fourth-order valence-electron chi connectivity index (χ4n) is 6.37. The highest BCUT2D eigenvalue weighted by Gasteiger charge is 2.20. The van der Waals surface area contributed by atoms with Crippen LogP contribution < -0.4 is 25.3 Å². The third-order valence-electron chi connectivity index (χ3n) is 8.95. The van der Waals surface area contributed by atoms with Gasteiger partial charge < -0.3 is 25.3 Å². The fraction of sp³-hybridized carbons (Fsp3) is 0.333. The summed E-state index contributed by atoms with van der Waals surface area (Å²) in [6, 6.07) is 20.1. The molecule has 13 heteroatoms. The molecular weight excluding hydrogens is 693 g/mol. The van der Waals surface area contributed by atoms with Crippen molar-refractivity contribution in [3.05, 3.63) is 90.0 Å². The van der Waals surface area contributed by atoms with E-state index in [9.17, 15) is 0 Å². The normalized spacial score (nSPS) is 11.3. The van der Waals surface area contributed by atoms with Crippen LogP contribution in [-0.2, 0) is 6.54 Å². The van der Waals surface area contributed by atoms with E-state index in [0.29, 0.717) is 37.2 Å². The van der Waals surface area contributed by atoms with Gasteiger partial charge in [0.05, 0.1) is 65.6 Å². The molecule has 0 spiro atoms. The number of fused-ring (bicyclic) bond motifs is 2. The minimum atomic E-state index is 0.206. The Morgan fingerprint density at radius 2 is 1.22 bits per heavy atom. The van der Waals surface area contributed by atoms with Crippen molar-refractivity contribution in [3.63, 3.8) is 0 Å². The van der Waals surface area contributed by atoms with Crippen LogP contribution in [0.4, 0.5) is 11.4 Å². The standard InChI is InChI=1S/C25H29N5O2.C17H21N5O/c1-6-32-25-20(8-7-13-26-25)21-14-22(27-15-18-9-11-19(31-5)12-10-18)24-23(28-21)17(4)29-30(24)16(2)3;1-5-23-17-12(7-6-8-19-17)14-9-13(18)16-15(20-14)11(4)21-22(16)10(2)3/h7-14,16H,6,15H2,1-5H3,(H,27,28);6-10H,5H2,1-4H3,(H2,18,20). The summed E-state index contributed by atoms with van der Waals surface area (Å²) in [5.74, 6) is 1.99. The highest BCUT2D eigenvalue weighted by atomic mass is 16.5. The Hall–Kier alpha value is -6.24. The van der Waals surface area contributed by atoms with E-state index in [1.807, 2.05) is 79.5 Å². The summed E-state index contributed by atoms with van der Waals surface area (Å²) in [7, 11) is 1.67. The summed E-state index contributed by atoms with van der Waals surface area (Å²) in [4.78, 5) is 18.4. The van der Waals surface area contributed by atoms with E-state index < -0.39 is 0 Å². The molecule has 0 aliphatic rings. The van der Waals surface area contributed by atoms with Crippen LogP contribution in [0.5, 0.6) is 17.5 Å². The fourth-order valence-corrected chi connectivity index (χ4v) is 6.37. The lowest BCUT2D eigenvalue weighted by Crippen LogP contribution is -2.07. The number of ether oxygens (including phenoxy) is 3. The molecular formula is C42H50N10O3. The van der Waals surface area contributed by atoms with Crippen molar-refractivity contribution in [3.8, 4) is 40.0 Å². The van der Waals surface area contributed by atoms with E-state index in [1.54, 1.807) is 19.5 Å². The van der Waals surface area contributed by atoms with Crippen LogP contribution in [0.3, 0.4) is 0 Å². The Morgan fingerprint density at radius 3 is 1.73 bits per heavy atom. The van der Waals surface area contributed by atoms with E-state index in [4.69, 9.17) is 35.0 Å². The molecule has 13 nitrogen and oxygen atoms in total. The topological polar surface area (TPSA) is 153 Å². The molecule has 6 heterocycles. The summed E-state index contributed by atoms with van der Waals surface area (Å²) < 4.78 is 20.6. The van der Waals surface area contributed by atoms with Gasteiger partial charge in [0, 0.05) is 31.0 Å². The molecule has 286 valence electrons. The third kappa shape index (κ3) is 8.15. The maximum Gasteiger partial charge on any atom is 0.222 e. The minimum absolute atomic E-state index is 0.206. The van der Waals surface area contributed by atoms with Crippen molar-refractivity contribution in [1.29, 1.82) is 0 Å². The summed E-state index contributed by atoms with van der Waals surface area (Å²) in [5, 5.41) is 13.0. The van der Waals surface area contributed by atoms with Crippen LogP contribution in [-0.4, -0.2) is 59.8 Å². The van der Waals surface area contributed by atoms with E-state index >= 15 is 0 Å². The number of nitrogens with zero attached hydrogens (tertiary/aromatic N) is 8. The average molecular weight is 743 g/mol. The maximum atomic E-state index is 6.31. The molecule has 55 heavy (non-hydrogen) atoms. The van der Waals surface area contributed by atoms with Crippen LogP contribution in [0.25, 0.3) is 44.6 Å². The first-order chi connectivity index (χ1) is 26.5. The van der Waals surface area contributed by atoms with Crippen LogP contribution in [0, 0.1) is 13.8 Å². The molecule has 1 aromatic carbocycles. The summed E-state index contributed by atoms with van der Waals surface area (Å²) >= 11 is 0. The summed E-state index contributed by atoms with van der Waals surface area (Å²) in [6.45, 7) is 18.0. The number of nitrogens with one attached hydrogen (secondary N) is 1. The zero-order valence-corrected chi connectivity index (χ0v) is 33.1. The molecule has 0 fully saturated rings. The molecule has 6 aromatic heterocycles. The second-order valence-corrected chi connectivity index (χ2v) is 13.6. The highest BCUT2D eigenvalue weighted by molar-refractivity contribution is 5.93. The van der Waals surface area contributed by atoms with Crippen LogP contribution in [0.15, 0.2) is 73.1 Å². The van der Waals surface area contributed by atoms with Gasteiger partial charge in [0.1, 0.15) is 27.8 Å². The number of aryl methyl sites for hydroxylation is 2. The average Bonchev–Trinajstić information content (AvgIpc) is 3.72. The Labute approximate surface area is 321 Å². The van der Waals surface area contributed by atoms with Crippen LogP contribution in [0.2, 0.25) is 0 Å². The monoisotopic (exact) mass is 742 g/mol. The maximum absolute atomic E-state index is 6.31. The van der Waals surface area contributed by atoms with Gasteiger partial charge in [0.25, 0.3) is 0 Å². The van der Waals surface area contributed by atoms with Gasteiger partial charge in [-0.1, -0.05) is 12.1 Å². The molecule has 3 N–H and O–H groups in total. The first-order valence-corrected chi connectivity index (χ1v) is 18.6. The van der Waals surface area contributed by atoms with Crippen LogP contribution >= 0.6 is 0 Å². The number of anilines is 2. The molecule has 0 bridgehead atoms. The van der Waals surface area contributed by atoms with E-state index in [0.717, 1.165) is 73.0 Å². The molecule has 7 aromatic rings. The van der Waals surface area contributed by atoms with Crippen molar-refractivity contribution >= 4 is 33.4 Å². The first kappa shape index (κ1) is 38.5. The molecule has 0 unspecified atom stereocenters. The number of aromatic nitrogens is 8. The zero-order chi connectivity index (χ0) is 39.2. The number of nitrogens with two attached hydrogens (primary N) is 1. The predicted molar refractivity (Wildman–Crippen MR) is 219 cm³/mol. The Bertz CT molecular complexity index is 2400. The highest BCUT2D eigenvalue weighted by Crippen LogP contribution is 2.36. The minimum Gasteiger partial charge on any atom is -0.497 e. The number of rotatable bonds is 12. The quantitative estimate of drug-likeness (QED) is 0.124. The molecule has 0 radical (unpaired) electrons. The number of hydrogen-bond donors (Lipinski definition) is 2. The molecule has 0 aliphatic heterocycles. The van der Waals surface area contributed by atoms with Gasteiger partial charge in [-0.3, -0.25) is 9.36 Å². The van der Waals surface area contributed by atoms with Crippen molar-refractivity contribution < 1.29 is 14.2 Å². The van der Waals surface area contributed by atoms with Gasteiger partial charge in [-0.05, 0) is 109 Å². The lowest BCUT2D eigenvalue weighted by molar-refractivity contribution is 0.328. The molecule has 0 atom stereocenters. The molecule has 0 amide bonds. The zero-order valence-electron chi connectivity index (χ0n) is 33.1. The van der Waals surface area contributed by atoms with Gasteiger partial charge in [-0.2, -0.15) is 10.2 Å². The van der Waals surface area contributed by atoms with Gasteiger partial charge in [0.2, 0.25) is 11.8 Å². The lowest BCUT2D eigenvalue weighted by Gasteiger charge is -2.15. The van der Waals surface area contributed by atoms with Gasteiger partial charge >= 0.3 is 0 Å². The number of hydrogen-bond acceptors (Lipinski definition) is 11. The first-order valence-electron chi connectivity index (χ1n) is 18.6. The van der Waals surface area contributed by atoms with E-state index in [1.165, 1.54) is 0 Å². The second kappa shape index (κ2) is 16.8. The van der Waals surface area contributed by atoms with Crippen LogP contribution in [0.1, 0.15) is 70.6 Å². The van der Waals surface area contributed by atoms with Gasteiger partial charge in [-0.15, -0.1) is 0 Å². The predicted octanol–water partition coefficient (Wildman–Crippen LogP) is 8.77. The number of nitrogen functional groups attached to an aromatic ring is 1. The van der Waals surface area contributed by atoms with Crippen molar-refractivity contribution in [2.24, 2.45) is 0 Å². The number of methoxy groups -OCH3 is 1. The van der Waals surface area contributed by atoms with Gasteiger partial charge in [-0.25, -0.2) is 19.9 Å². The lowest BCUT2D eigenvalue weighted by atomic mass is 10.1. The second-order valence-electron chi connectivity index (χ2n) is 13.6. The third-order valence-corrected chi connectivity index (χ3v) is 8.95. The Balaban J connectivity index is 0.000000197. The molecule has 0 saturated carbocycles. The van der Waals surface area contributed by atoms with Crippen molar-refractivity contribution in [2.45, 2.75) is 74.0 Å². The number of pyridine rings is 4.